The minimum atomic E-state index is -0.176. The summed E-state index contributed by atoms with van der Waals surface area (Å²) in [5.41, 5.74) is 7.12. The molecule has 5 heteroatoms. The average Bonchev–Trinajstić information content (AvgIpc) is 2.54. The molecule has 0 spiro atoms. The predicted octanol–water partition coefficient (Wildman–Crippen LogP) is 0.434. The Balaban J connectivity index is 3.08. The van der Waals surface area contributed by atoms with Crippen LogP contribution in [0, 0.1) is 6.92 Å². The number of rotatable bonds is 5. The molecule has 0 aliphatic rings. The van der Waals surface area contributed by atoms with Gasteiger partial charge in [-0.15, -0.1) is 0 Å². The summed E-state index contributed by atoms with van der Waals surface area (Å²) in [5, 5.41) is 18.3. The van der Waals surface area contributed by atoms with Crippen molar-refractivity contribution in [2.75, 3.05) is 0 Å². The Labute approximate surface area is 89.6 Å². The first kappa shape index (κ1) is 12.2. The molecule has 0 aliphatic heterocycles. The van der Waals surface area contributed by atoms with Gasteiger partial charge in [-0.25, -0.2) is 4.98 Å². The van der Waals surface area contributed by atoms with Crippen molar-refractivity contribution in [1.82, 2.24) is 9.55 Å². The average molecular weight is 213 g/mol. The molecule has 0 radical (unpaired) electrons. The summed E-state index contributed by atoms with van der Waals surface area (Å²) in [4.78, 5) is 4.18. The Morgan fingerprint density at radius 2 is 2.07 bits per heavy atom. The standard InChI is InChI=1S/C10H19N3O2/c1-3-4-10(11)13-7(2)12-8(5-14)9(13)6-15/h10,14-15H,3-6,11H2,1-2H3. The number of nitrogens with zero attached hydrogens (tertiary/aromatic N) is 2. The van der Waals surface area contributed by atoms with Gasteiger partial charge < -0.3 is 20.5 Å². The summed E-state index contributed by atoms with van der Waals surface area (Å²) >= 11 is 0. The molecule has 86 valence electrons. The number of aliphatic hydroxyl groups is 2. The van der Waals surface area contributed by atoms with Gasteiger partial charge in [0.15, 0.2) is 0 Å². The number of imidazole rings is 1. The maximum absolute atomic E-state index is 9.23. The van der Waals surface area contributed by atoms with Crippen molar-refractivity contribution in [2.45, 2.75) is 46.1 Å². The number of aliphatic hydroxyl groups excluding tert-OH is 2. The number of hydrogen-bond acceptors (Lipinski definition) is 4. The van der Waals surface area contributed by atoms with Crippen molar-refractivity contribution in [3.63, 3.8) is 0 Å². The number of hydrogen-bond donors (Lipinski definition) is 3. The molecule has 1 aromatic rings. The molecule has 5 nitrogen and oxygen atoms in total. The van der Waals surface area contributed by atoms with Crippen molar-refractivity contribution in [3.05, 3.63) is 17.2 Å². The van der Waals surface area contributed by atoms with Crippen molar-refractivity contribution < 1.29 is 10.2 Å². The molecule has 0 saturated carbocycles. The van der Waals surface area contributed by atoms with Gasteiger partial charge in [0.2, 0.25) is 0 Å². The van der Waals surface area contributed by atoms with E-state index in [0.717, 1.165) is 18.7 Å². The fourth-order valence-corrected chi connectivity index (χ4v) is 1.81. The Hall–Kier alpha value is -0.910. The van der Waals surface area contributed by atoms with E-state index in [-0.39, 0.29) is 19.4 Å². The lowest BCUT2D eigenvalue weighted by molar-refractivity contribution is 0.246. The van der Waals surface area contributed by atoms with Crippen LogP contribution in [0.2, 0.25) is 0 Å². The zero-order valence-corrected chi connectivity index (χ0v) is 9.27. The van der Waals surface area contributed by atoms with E-state index >= 15 is 0 Å². The van der Waals surface area contributed by atoms with Crippen LogP contribution in [0.5, 0.6) is 0 Å². The van der Waals surface area contributed by atoms with E-state index in [4.69, 9.17) is 10.8 Å². The van der Waals surface area contributed by atoms with Gasteiger partial charge >= 0.3 is 0 Å². The van der Waals surface area contributed by atoms with E-state index in [1.54, 1.807) is 4.57 Å². The Morgan fingerprint density at radius 1 is 1.40 bits per heavy atom. The van der Waals surface area contributed by atoms with Crippen LogP contribution >= 0.6 is 0 Å². The highest BCUT2D eigenvalue weighted by molar-refractivity contribution is 5.16. The smallest absolute Gasteiger partial charge is 0.107 e. The van der Waals surface area contributed by atoms with Crippen molar-refractivity contribution in [3.8, 4) is 0 Å². The second-order valence-corrected chi connectivity index (χ2v) is 3.59. The van der Waals surface area contributed by atoms with Gasteiger partial charge in [-0.3, -0.25) is 0 Å². The van der Waals surface area contributed by atoms with Gasteiger partial charge in [-0.2, -0.15) is 0 Å². The van der Waals surface area contributed by atoms with Gasteiger partial charge in [0.05, 0.1) is 30.8 Å². The molecule has 0 amide bonds. The zero-order valence-electron chi connectivity index (χ0n) is 9.27. The van der Waals surface area contributed by atoms with Crippen LogP contribution in [-0.2, 0) is 13.2 Å². The van der Waals surface area contributed by atoms with Crippen LogP contribution in [0.1, 0.15) is 43.1 Å². The quantitative estimate of drug-likeness (QED) is 0.662. The minimum Gasteiger partial charge on any atom is -0.390 e. The molecule has 1 aromatic heterocycles. The summed E-state index contributed by atoms with van der Waals surface area (Å²) in [6.45, 7) is 3.57. The predicted molar refractivity (Wildman–Crippen MR) is 56.9 cm³/mol. The molecule has 1 heterocycles. The second-order valence-electron chi connectivity index (χ2n) is 3.59. The largest absolute Gasteiger partial charge is 0.390 e. The molecule has 15 heavy (non-hydrogen) atoms. The Morgan fingerprint density at radius 3 is 2.53 bits per heavy atom. The topological polar surface area (TPSA) is 84.3 Å². The first-order chi connectivity index (χ1) is 7.15. The van der Waals surface area contributed by atoms with Crippen LogP contribution in [0.15, 0.2) is 0 Å². The van der Waals surface area contributed by atoms with Crippen LogP contribution < -0.4 is 5.73 Å². The number of nitrogens with two attached hydrogens (primary N) is 1. The van der Waals surface area contributed by atoms with E-state index in [1.165, 1.54) is 0 Å². The fraction of sp³-hybridized carbons (Fsp3) is 0.700. The highest BCUT2D eigenvalue weighted by Gasteiger charge is 2.17. The zero-order chi connectivity index (χ0) is 11.4. The molecular weight excluding hydrogens is 194 g/mol. The normalized spacial score (nSPS) is 13.1. The molecule has 0 fully saturated rings. The van der Waals surface area contributed by atoms with Crippen LogP contribution in [0.25, 0.3) is 0 Å². The molecule has 1 rings (SSSR count). The molecule has 1 atom stereocenters. The minimum absolute atomic E-state index is 0.145. The highest BCUT2D eigenvalue weighted by atomic mass is 16.3. The monoisotopic (exact) mass is 213 g/mol. The van der Waals surface area contributed by atoms with E-state index < -0.39 is 0 Å². The van der Waals surface area contributed by atoms with Crippen LogP contribution in [0.4, 0.5) is 0 Å². The first-order valence-corrected chi connectivity index (χ1v) is 5.19. The first-order valence-electron chi connectivity index (χ1n) is 5.19. The second kappa shape index (κ2) is 5.25. The van der Waals surface area contributed by atoms with Crippen molar-refractivity contribution in [2.24, 2.45) is 5.73 Å². The lowest BCUT2D eigenvalue weighted by atomic mass is 10.2. The molecule has 4 N–H and O–H groups in total. The summed E-state index contributed by atoms with van der Waals surface area (Å²) in [5.74, 6) is 0.740. The van der Waals surface area contributed by atoms with Crippen LogP contribution in [0.3, 0.4) is 0 Å². The van der Waals surface area contributed by atoms with Crippen molar-refractivity contribution >= 4 is 0 Å². The summed E-state index contributed by atoms with van der Waals surface area (Å²) in [6.07, 6.45) is 1.62. The van der Waals surface area contributed by atoms with Crippen LogP contribution in [-0.4, -0.2) is 19.8 Å². The molecule has 1 unspecified atom stereocenters. The van der Waals surface area contributed by atoms with Gasteiger partial charge in [0, 0.05) is 0 Å². The number of aromatic nitrogens is 2. The fourth-order valence-electron chi connectivity index (χ4n) is 1.81. The SMILES string of the molecule is CCCC(N)n1c(C)nc(CO)c1CO. The third-order valence-corrected chi connectivity index (χ3v) is 2.48. The van der Waals surface area contributed by atoms with Crippen molar-refractivity contribution in [1.29, 1.82) is 0 Å². The molecule has 0 aliphatic carbocycles. The highest BCUT2D eigenvalue weighted by Crippen LogP contribution is 2.18. The lowest BCUT2D eigenvalue weighted by Crippen LogP contribution is -2.22. The summed E-state index contributed by atoms with van der Waals surface area (Å²) < 4.78 is 1.80. The van der Waals surface area contributed by atoms with E-state index in [1.807, 2.05) is 6.92 Å². The molecule has 0 aromatic carbocycles. The summed E-state index contributed by atoms with van der Waals surface area (Å²) in [7, 11) is 0. The van der Waals surface area contributed by atoms with E-state index in [9.17, 15) is 5.11 Å². The Bertz CT molecular complexity index is 323. The third-order valence-electron chi connectivity index (χ3n) is 2.48. The third kappa shape index (κ3) is 2.37. The maximum Gasteiger partial charge on any atom is 0.107 e. The molecular formula is C10H19N3O2. The van der Waals surface area contributed by atoms with E-state index in [0.29, 0.717) is 11.4 Å². The molecule has 0 saturated heterocycles. The van der Waals surface area contributed by atoms with Gasteiger partial charge in [-0.1, -0.05) is 13.3 Å². The van der Waals surface area contributed by atoms with Gasteiger partial charge in [-0.05, 0) is 13.3 Å². The molecule has 0 bridgehead atoms. The van der Waals surface area contributed by atoms with E-state index in [2.05, 4.69) is 11.9 Å². The van der Waals surface area contributed by atoms with Gasteiger partial charge in [0.1, 0.15) is 5.82 Å². The lowest BCUT2D eigenvalue weighted by Gasteiger charge is -2.17. The number of aryl methyl sites for hydroxylation is 1. The summed E-state index contributed by atoms with van der Waals surface area (Å²) in [6, 6.07) is 0. The van der Waals surface area contributed by atoms with Gasteiger partial charge in [0.25, 0.3) is 0 Å². The Kier molecular flexibility index (Phi) is 4.26. The maximum atomic E-state index is 9.23.